The molecule has 0 bridgehead atoms. The van der Waals surface area contributed by atoms with Crippen molar-refractivity contribution in [3.63, 3.8) is 0 Å². The Morgan fingerprint density at radius 3 is 2.79 bits per heavy atom. The molecule has 0 saturated heterocycles. The summed E-state index contributed by atoms with van der Waals surface area (Å²) in [6, 6.07) is 13.0. The summed E-state index contributed by atoms with van der Waals surface area (Å²) in [6.45, 7) is 0.504. The van der Waals surface area contributed by atoms with E-state index in [2.05, 4.69) is 21.2 Å². The maximum Gasteiger partial charge on any atom is 0.326 e. The molecule has 0 fully saturated rings. The van der Waals surface area contributed by atoms with Crippen LogP contribution in [-0.2, 0) is 6.54 Å². The summed E-state index contributed by atoms with van der Waals surface area (Å²) in [5, 5.41) is 3.54. The van der Waals surface area contributed by atoms with Crippen molar-refractivity contribution in [2.45, 2.75) is 6.54 Å². The van der Waals surface area contributed by atoms with E-state index in [4.69, 9.17) is 11.6 Å². The van der Waals surface area contributed by atoms with Gasteiger partial charge in [0.05, 0.1) is 12.2 Å². The maximum atomic E-state index is 12.2. The summed E-state index contributed by atoms with van der Waals surface area (Å²) < 4.78 is 0.885. The van der Waals surface area contributed by atoms with Gasteiger partial charge in [-0.1, -0.05) is 23.7 Å². The monoisotopic (exact) mass is 336 g/mol. The van der Waals surface area contributed by atoms with Crippen LogP contribution >= 0.6 is 27.5 Å². The zero-order valence-corrected chi connectivity index (χ0v) is 12.2. The first-order valence-corrected chi connectivity index (χ1v) is 6.94. The molecule has 3 rings (SSSR count). The predicted molar refractivity (Wildman–Crippen MR) is 80.8 cm³/mol. The molecule has 3 nitrogen and oxygen atoms in total. The first-order valence-electron chi connectivity index (χ1n) is 5.76. The lowest BCUT2D eigenvalue weighted by molar-refractivity contribution is 0.256. The minimum atomic E-state index is -0.137. The van der Waals surface area contributed by atoms with Gasteiger partial charge in [-0.25, -0.2) is 4.79 Å². The number of anilines is 2. The fraction of sp³-hybridized carbons (Fsp3) is 0.0714. The highest BCUT2D eigenvalue weighted by molar-refractivity contribution is 9.10. The van der Waals surface area contributed by atoms with Crippen LogP contribution in [0.15, 0.2) is 46.9 Å². The van der Waals surface area contributed by atoms with E-state index in [0.717, 1.165) is 21.4 Å². The third-order valence-corrected chi connectivity index (χ3v) is 3.93. The Labute approximate surface area is 124 Å². The van der Waals surface area contributed by atoms with E-state index in [9.17, 15) is 4.79 Å². The third-order valence-electron chi connectivity index (χ3n) is 3.03. The molecule has 2 amide bonds. The molecule has 1 N–H and O–H groups in total. The van der Waals surface area contributed by atoms with Crippen molar-refractivity contribution in [3.8, 4) is 0 Å². The lowest BCUT2D eigenvalue weighted by Crippen LogP contribution is -2.38. The molecule has 5 heteroatoms. The summed E-state index contributed by atoms with van der Waals surface area (Å²) in [4.78, 5) is 13.8. The van der Waals surface area contributed by atoms with Crippen molar-refractivity contribution in [2.75, 3.05) is 10.2 Å². The van der Waals surface area contributed by atoms with E-state index in [-0.39, 0.29) is 6.03 Å². The number of hydrogen-bond donors (Lipinski definition) is 1. The minimum absolute atomic E-state index is 0.137. The molecule has 1 heterocycles. The summed E-state index contributed by atoms with van der Waals surface area (Å²) in [6.07, 6.45) is 0. The molecule has 0 saturated carbocycles. The summed E-state index contributed by atoms with van der Waals surface area (Å²) in [5.41, 5.74) is 2.66. The van der Waals surface area contributed by atoms with E-state index in [1.165, 1.54) is 0 Å². The van der Waals surface area contributed by atoms with Crippen LogP contribution in [0.1, 0.15) is 5.56 Å². The Hall–Kier alpha value is -1.52. The molecule has 0 aromatic heterocycles. The van der Waals surface area contributed by atoms with E-state index in [1.807, 2.05) is 36.4 Å². The first kappa shape index (κ1) is 12.5. The zero-order valence-electron chi connectivity index (χ0n) is 9.86. The minimum Gasteiger partial charge on any atom is -0.307 e. The van der Waals surface area contributed by atoms with Crippen LogP contribution in [0.5, 0.6) is 0 Å². The van der Waals surface area contributed by atoms with Gasteiger partial charge in [0.1, 0.15) is 0 Å². The highest BCUT2D eigenvalue weighted by Gasteiger charge is 2.25. The van der Waals surface area contributed by atoms with E-state index < -0.39 is 0 Å². The Morgan fingerprint density at radius 2 is 2.00 bits per heavy atom. The van der Waals surface area contributed by atoms with Gasteiger partial charge in [-0.15, -0.1) is 0 Å². The Bertz CT molecular complexity index is 660. The smallest absolute Gasteiger partial charge is 0.307 e. The second-order valence-corrected chi connectivity index (χ2v) is 5.56. The lowest BCUT2D eigenvalue weighted by Gasteiger charge is -2.30. The van der Waals surface area contributed by atoms with Gasteiger partial charge in [0, 0.05) is 15.2 Å². The average molecular weight is 338 g/mol. The van der Waals surface area contributed by atoms with Gasteiger partial charge in [-0.2, -0.15) is 0 Å². The molecular formula is C14H10BrClN2O. The van der Waals surface area contributed by atoms with Crippen LogP contribution in [0.25, 0.3) is 0 Å². The van der Waals surface area contributed by atoms with Crippen molar-refractivity contribution < 1.29 is 4.79 Å². The second-order valence-electron chi connectivity index (χ2n) is 4.27. The lowest BCUT2D eigenvalue weighted by atomic mass is 10.1. The molecule has 0 unspecified atom stereocenters. The van der Waals surface area contributed by atoms with Gasteiger partial charge in [0.25, 0.3) is 0 Å². The molecule has 2 aromatic rings. The molecule has 19 heavy (non-hydrogen) atoms. The topological polar surface area (TPSA) is 32.3 Å². The fourth-order valence-corrected chi connectivity index (χ4v) is 2.80. The molecule has 0 spiro atoms. The summed E-state index contributed by atoms with van der Waals surface area (Å²) in [7, 11) is 0. The van der Waals surface area contributed by atoms with Gasteiger partial charge in [-0.05, 0) is 51.8 Å². The fourth-order valence-electron chi connectivity index (χ4n) is 2.11. The van der Waals surface area contributed by atoms with Crippen molar-refractivity contribution in [2.24, 2.45) is 0 Å². The molecule has 2 aromatic carbocycles. The number of fused-ring (bicyclic) bond motifs is 1. The number of nitrogens with one attached hydrogen (secondary N) is 1. The van der Waals surface area contributed by atoms with Crippen molar-refractivity contribution in [1.82, 2.24) is 0 Å². The molecule has 0 radical (unpaired) electrons. The Morgan fingerprint density at radius 1 is 1.21 bits per heavy atom. The molecular weight excluding hydrogens is 328 g/mol. The summed E-state index contributed by atoms with van der Waals surface area (Å²) >= 11 is 9.46. The van der Waals surface area contributed by atoms with E-state index >= 15 is 0 Å². The Kier molecular flexibility index (Phi) is 3.21. The number of rotatable bonds is 1. The highest BCUT2D eigenvalue weighted by Crippen LogP contribution is 2.33. The van der Waals surface area contributed by atoms with Gasteiger partial charge in [0.2, 0.25) is 0 Å². The van der Waals surface area contributed by atoms with Crippen LogP contribution in [0.4, 0.5) is 16.2 Å². The van der Waals surface area contributed by atoms with Crippen LogP contribution in [-0.4, -0.2) is 6.03 Å². The quantitative estimate of drug-likeness (QED) is 0.807. The summed E-state index contributed by atoms with van der Waals surface area (Å²) in [5.74, 6) is 0. The first-order chi connectivity index (χ1) is 9.15. The standard InChI is InChI=1S/C14H10BrClN2O/c15-11-3-1-2-4-13(11)18-8-9-7-10(16)5-6-12(9)17-14(18)19/h1-7H,8H2,(H,17,19). The number of benzene rings is 2. The van der Waals surface area contributed by atoms with Gasteiger partial charge >= 0.3 is 6.03 Å². The molecule has 96 valence electrons. The predicted octanol–water partition coefficient (Wildman–Crippen LogP) is 4.65. The van der Waals surface area contributed by atoms with Gasteiger partial charge < -0.3 is 5.32 Å². The maximum absolute atomic E-state index is 12.2. The van der Waals surface area contributed by atoms with Crippen molar-refractivity contribution in [3.05, 3.63) is 57.5 Å². The van der Waals surface area contributed by atoms with Crippen LogP contribution in [0, 0.1) is 0 Å². The van der Waals surface area contributed by atoms with Crippen LogP contribution < -0.4 is 10.2 Å². The van der Waals surface area contributed by atoms with Crippen LogP contribution in [0.2, 0.25) is 5.02 Å². The zero-order chi connectivity index (χ0) is 13.4. The Balaban J connectivity index is 2.02. The molecule has 0 aliphatic carbocycles. The van der Waals surface area contributed by atoms with Crippen molar-refractivity contribution >= 4 is 44.9 Å². The second kappa shape index (κ2) is 4.87. The number of halogens is 2. The van der Waals surface area contributed by atoms with Crippen LogP contribution in [0.3, 0.4) is 0 Å². The number of para-hydroxylation sites is 1. The molecule has 1 aliphatic rings. The highest BCUT2D eigenvalue weighted by atomic mass is 79.9. The number of hydrogen-bond acceptors (Lipinski definition) is 1. The number of carbonyl (C=O) groups is 1. The molecule has 1 aliphatic heterocycles. The molecule has 0 atom stereocenters. The number of amides is 2. The number of carbonyl (C=O) groups excluding carboxylic acids is 1. The van der Waals surface area contributed by atoms with Crippen molar-refractivity contribution in [1.29, 1.82) is 0 Å². The van der Waals surface area contributed by atoms with E-state index in [1.54, 1.807) is 11.0 Å². The van der Waals surface area contributed by atoms with Gasteiger partial charge in [-0.3, -0.25) is 4.90 Å². The normalized spacial score (nSPS) is 14.0. The average Bonchev–Trinajstić information content (AvgIpc) is 2.39. The largest absolute Gasteiger partial charge is 0.326 e. The van der Waals surface area contributed by atoms with E-state index in [0.29, 0.717) is 11.6 Å². The third kappa shape index (κ3) is 2.33. The van der Waals surface area contributed by atoms with Gasteiger partial charge in [0.15, 0.2) is 0 Å². The SMILES string of the molecule is O=C1Nc2ccc(Cl)cc2CN1c1ccccc1Br. The number of nitrogens with zero attached hydrogens (tertiary/aromatic N) is 1. The number of urea groups is 1.